The summed E-state index contributed by atoms with van der Waals surface area (Å²) >= 11 is 0. The van der Waals surface area contributed by atoms with E-state index in [0.717, 1.165) is 20.3 Å². The van der Waals surface area contributed by atoms with E-state index < -0.39 is 28.2 Å². The van der Waals surface area contributed by atoms with Crippen molar-refractivity contribution < 1.29 is 42.0 Å². The Balaban J connectivity index is 4.73. The van der Waals surface area contributed by atoms with E-state index in [2.05, 4.69) is 30.2 Å². The van der Waals surface area contributed by atoms with Crippen molar-refractivity contribution in [1.29, 1.82) is 0 Å². The van der Waals surface area contributed by atoms with Gasteiger partial charge in [0.1, 0.15) is 6.67 Å². The van der Waals surface area contributed by atoms with Crippen LogP contribution in [0.25, 0.3) is 0 Å². The Morgan fingerprint density at radius 2 is 1.68 bits per heavy atom. The monoisotopic (exact) mass is 320 g/mol. The quantitative estimate of drug-likeness (QED) is 0.228. The van der Waals surface area contributed by atoms with Crippen molar-refractivity contribution in [2.45, 2.75) is 0 Å². The van der Waals surface area contributed by atoms with E-state index in [1.807, 2.05) is 0 Å². The average Bonchev–Trinajstić information content (AvgIpc) is 2.34. The number of phosphoric ester groups is 2. The molecule has 0 fully saturated rings. The van der Waals surface area contributed by atoms with E-state index in [4.69, 9.17) is 9.79 Å². The summed E-state index contributed by atoms with van der Waals surface area (Å²) in [5, 5.41) is 2.13. The number of carbonyl (C=O) groups is 1. The SMILES string of the molecule is C=CC(=O)NCN(OP(=O)(O)OC)OP(=O)(O)OC. The first-order chi connectivity index (χ1) is 8.65. The molecule has 0 aliphatic heterocycles. The van der Waals surface area contributed by atoms with Gasteiger partial charge in [-0.3, -0.25) is 13.8 Å². The maximum atomic E-state index is 11.1. The Morgan fingerprint density at radius 3 is 2.00 bits per heavy atom. The number of phosphoric acid groups is 2. The number of amides is 1. The maximum Gasteiger partial charge on any atom is 0.490 e. The Kier molecular flexibility index (Phi) is 7.60. The third kappa shape index (κ3) is 8.22. The average molecular weight is 320 g/mol. The molecule has 0 saturated heterocycles. The van der Waals surface area contributed by atoms with Crippen LogP contribution in [0.5, 0.6) is 0 Å². The third-order valence-electron chi connectivity index (χ3n) is 1.42. The molecule has 0 aromatic heterocycles. The molecule has 19 heavy (non-hydrogen) atoms. The van der Waals surface area contributed by atoms with Crippen molar-refractivity contribution in [3.8, 4) is 0 Å². The zero-order valence-electron chi connectivity index (χ0n) is 10.1. The molecule has 0 spiro atoms. The molecule has 2 atom stereocenters. The number of hydroxylamine groups is 2. The van der Waals surface area contributed by atoms with E-state index in [-0.39, 0.29) is 5.23 Å². The zero-order valence-corrected chi connectivity index (χ0v) is 11.9. The lowest BCUT2D eigenvalue weighted by Gasteiger charge is -2.22. The molecule has 0 aromatic rings. The molecule has 0 aromatic carbocycles. The lowest BCUT2D eigenvalue weighted by molar-refractivity contribution is -0.278. The maximum absolute atomic E-state index is 11.1. The van der Waals surface area contributed by atoms with Crippen LogP contribution in [0.1, 0.15) is 0 Å². The number of hydrogen-bond acceptors (Lipinski definition) is 8. The van der Waals surface area contributed by atoms with E-state index in [1.165, 1.54) is 0 Å². The Morgan fingerprint density at radius 1 is 1.26 bits per heavy atom. The molecule has 0 rings (SSSR count). The van der Waals surface area contributed by atoms with Gasteiger partial charge in [0.05, 0.1) is 0 Å². The topological polar surface area (TPSA) is 144 Å². The largest absolute Gasteiger partial charge is 0.490 e. The minimum atomic E-state index is -4.56. The first-order valence-corrected chi connectivity index (χ1v) is 7.49. The molecular formula is C6H14N2O9P2. The highest BCUT2D eigenvalue weighted by Gasteiger charge is 2.31. The summed E-state index contributed by atoms with van der Waals surface area (Å²) in [4.78, 5) is 29.0. The third-order valence-corrected chi connectivity index (χ3v) is 3.12. The molecule has 11 nitrogen and oxygen atoms in total. The summed E-state index contributed by atoms with van der Waals surface area (Å²) in [5.41, 5.74) is 0. The van der Waals surface area contributed by atoms with Gasteiger partial charge in [-0.25, -0.2) is 9.13 Å². The van der Waals surface area contributed by atoms with Crippen LogP contribution in [0.3, 0.4) is 0 Å². The zero-order chi connectivity index (χ0) is 15.1. The van der Waals surface area contributed by atoms with Crippen LogP contribution < -0.4 is 5.32 Å². The lowest BCUT2D eigenvalue weighted by atomic mass is 10.6. The van der Waals surface area contributed by atoms with Gasteiger partial charge in [0.15, 0.2) is 0 Å². The van der Waals surface area contributed by atoms with Crippen molar-refractivity contribution in [3.63, 3.8) is 0 Å². The highest BCUT2D eigenvalue weighted by atomic mass is 31.2. The molecule has 0 heterocycles. The van der Waals surface area contributed by atoms with Gasteiger partial charge in [0.25, 0.3) is 0 Å². The molecule has 2 unspecified atom stereocenters. The molecule has 3 N–H and O–H groups in total. The van der Waals surface area contributed by atoms with E-state index >= 15 is 0 Å². The van der Waals surface area contributed by atoms with Crippen molar-refractivity contribution in [2.75, 3.05) is 20.9 Å². The van der Waals surface area contributed by atoms with Crippen LogP contribution in [0, 0.1) is 0 Å². The van der Waals surface area contributed by atoms with Gasteiger partial charge in [0.2, 0.25) is 5.91 Å². The van der Waals surface area contributed by atoms with Gasteiger partial charge in [-0.2, -0.15) is 9.25 Å². The van der Waals surface area contributed by atoms with E-state index in [9.17, 15) is 13.9 Å². The van der Waals surface area contributed by atoms with Gasteiger partial charge in [0, 0.05) is 14.2 Å². The second-order valence-electron chi connectivity index (χ2n) is 2.70. The second-order valence-corrected chi connectivity index (χ2v) is 5.63. The Hall–Kier alpha value is -0.610. The summed E-state index contributed by atoms with van der Waals surface area (Å²) < 4.78 is 38.9. The molecule has 1 amide bonds. The van der Waals surface area contributed by atoms with Crippen LogP contribution in [0.2, 0.25) is 0 Å². The van der Waals surface area contributed by atoms with Crippen molar-refractivity contribution in [1.82, 2.24) is 10.5 Å². The second kappa shape index (κ2) is 7.85. The summed E-state index contributed by atoms with van der Waals surface area (Å²) in [6.07, 6.45) is 0.891. The number of nitrogens with zero attached hydrogens (tertiary/aromatic N) is 1. The van der Waals surface area contributed by atoms with Crippen molar-refractivity contribution >= 4 is 21.6 Å². The van der Waals surface area contributed by atoms with Crippen LogP contribution in [-0.4, -0.2) is 41.8 Å². The summed E-state index contributed by atoms with van der Waals surface area (Å²) in [6, 6.07) is 0. The van der Waals surface area contributed by atoms with E-state index in [1.54, 1.807) is 0 Å². The number of rotatable bonds is 9. The first kappa shape index (κ1) is 18.4. The minimum absolute atomic E-state index is 0.0654. The first-order valence-electron chi connectivity index (χ1n) is 4.50. The van der Waals surface area contributed by atoms with Crippen molar-refractivity contribution in [3.05, 3.63) is 12.7 Å². The smallest absolute Gasteiger partial charge is 0.335 e. The van der Waals surface area contributed by atoms with Crippen LogP contribution in [-0.2, 0) is 32.2 Å². The van der Waals surface area contributed by atoms with Crippen LogP contribution in [0.15, 0.2) is 12.7 Å². The molecule has 0 saturated carbocycles. The van der Waals surface area contributed by atoms with Crippen LogP contribution >= 0.6 is 15.6 Å². The predicted octanol–water partition coefficient (Wildman–Crippen LogP) is -0.0951. The molecule has 0 aliphatic rings. The molecule has 0 aliphatic carbocycles. The van der Waals surface area contributed by atoms with Gasteiger partial charge in [-0.15, -0.1) is 0 Å². The summed E-state index contributed by atoms with van der Waals surface area (Å²) in [5.74, 6) is -0.687. The van der Waals surface area contributed by atoms with Crippen molar-refractivity contribution in [2.24, 2.45) is 0 Å². The highest BCUT2D eigenvalue weighted by Crippen LogP contribution is 2.48. The van der Waals surface area contributed by atoms with Crippen LogP contribution in [0.4, 0.5) is 0 Å². The predicted molar refractivity (Wildman–Crippen MR) is 60.9 cm³/mol. The van der Waals surface area contributed by atoms with Gasteiger partial charge in [-0.05, 0) is 11.3 Å². The lowest BCUT2D eigenvalue weighted by Crippen LogP contribution is -2.36. The number of hydrogen-bond donors (Lipinski definition) is 3. The fourth-order valence-electron chi connectivity index (χ4n) is 0.584. The van der Waals surface area contributed by atoms with Gasteiger partial charge in [-0.1, -0.05) is 6.58 Å². The minimum Gasteiger partial charge on any atom is -0.335 e. The molecule has 0 bridgehead atoms. The number of nitrogens with one attached hydrogen (secondary N) is 1. The highest BCUT2D eigenvalue weighted by molar-refractivity contribution is 7.48. The normalized spacial score (nSPS) is 17.5. The molecule has 13 heteroatoms. The van der Waals surface area contributed by atoms with Gasteiger partial charge < -0.3 is 15.1 Å². The summed E-state index contributed by atoms with van der Waals surface area (Å²) in [6.45, 7) is 2.48. The molecule has 112 valence electrons. The van der Waals surface area contributed by atoms with E-state index in [0.29, 0.717) is 0 Å². The molecular weight excluding hydrogens is 306 g/mol. The fraction of sp³-hybridized carbons (Fsp3) is 0.500. The fourth-order valence-corrected chi connectivity index (χ4v) is 1.41. The Labute approximate surface area is 108 Å². The Bertz CT molecular complexity index is 388. The van der Waals surface area contributed by atoms with Gasteiger partial charge >= 0.3 is 15.6 Å². The standard InChI is InChI=1S/C6H14N2O9P2/c1-4-6(9)7-5-8(16-18(10,11)14-2)17-19(12,13)15-3/h4H,1,5H2,2-3H3,(H,7,9)(H,10,11)(H,12,13). The summed E-state index contributed by atoms with van der Waals surface area (Å²) in [7, 11) is -7.40. The number of carbonyl (C=O) groups excluding carboxylic acids is 1. The molecule has 0 radical (unpaired) electrons.